The molecule has 0 bridgehead atoms. The highest BCUT2D eigenvalue weighted by Gasteiger charge is 2.44. The van der Waals surface area contributed by atoms with Gasteiger partial charge in [-0.3, -0.25) is 4.79 Å². The highest BCUT2D eigenvalue weighted by molar-refractivity contribution is 5.70. The molecule has 2 rings (SSSR count). The van der Waals surface area contributed by atoms with Crippen molar-refractivity contribution in [2.75, 3.05) is 0 Å². The van der Waals surface area contributed by atoms with Crippen LogP contribution in [0.5, 0.6) is 0 Å². The molecule has 0 spiro atoms. The van der Waals surface area contributed by atoms with Crippen LogP contribution in [0.25, 0.3) is 0 Å². The molecule has 0 aromatic rings. The van der Waals surface area contributed by atoms with Gasteiger partial charge in [-0.15, -0.1) is 0 Å². The van der Waals surface area contributed by atoms with Crippen molar-refractivity contribution >= 4 is 5.97 Å². The van der Waals surface area contributed by atoms with Crippen LogP contribution in [0.4, 0.5) is 0 Å². The highest BCUT2D eigenvalue weighted by atomic mass is 16.6. The van der Waals surface area contributed by atoms with Crippen molar-refractivity contribution in [3.63, 3.8) is 0 Å². The van der Waals surface area contributed by atoms with Gasteiger partial charge < -0.3 is 19.7 Å². The second-order valence-electron chi connectivity index (χ2n) is 4.68. The number of aliphatic hydroxyl groups is 2. The lowest BCUT2D eigenvalue weighted by Crippen LogP contribution is -2.23. The van der Waals surface area contributed by atoms with Gasteiger partial charge in [0, 0.05) is 6.42 Å². The molecule has 5 heteroatoms. The number of carbonyl (C=O) groups is 1. The van der Waals surface area contributed by atoms with E-state index in [1.807, 2.05) is 0 Å². The Balaban J connectivity index is 1.99. The van der Waals surface area contributed by atoms with E-state index in [9.17, 15) is 15.0 Å². The molecule has 0 aromatic carbocycles. The molecule has 17 heavy (non-hydrogen) atoms. The second-order valence-corrected chi connectivity index (χ2v) is 4.68. The lowest BCUT2D eigenvalue weighted by molar-refractivity contribution is -0.150. The van der Waals surface area contributed by atoms with E-state index in [-0.39, 0.29) is 24.7 Å². The van der Waals surface area contributed by atoms with Gasteiger partial charge in [-0.1, -0.05) is 12.2 Å². The van der Waals surface area contributed by atoms with Gasteiger partial charge in [0.2, 0.25) is 0 Å². The molecular weight excluding hydrogens is 224 g/mol. The summed E-state index contributed by atoms with van der Waals surface area (Å²) in [6.07, 6.45) is 2.31. The van der Waals surface area contributed by atoms with Gasteiger partial charge in [0.15, 0.2) is 0 Å². The first-order valence-electron chi connectivity index (χ1n) is 5.94. The molecule has 0 amide bonds. The molecule has 0 saturated carbocycles. The van der Waals surface area contributed by atoms with Crippen LogP contribution in [0.15, 0.2) is 12.2 Å². The van der Waals surface area contributed by atoms with Crippen molar-refractivity contribution in [2.24, 2.45) is 0 Å². The van der Waals surface area contributed by atoms with Crippen LogP contribution in [0.2, 0.25) is 0 Å². The molecule has 2 heterocycles. The molecule has 0 aromatic heterocycles. The maximum atomic E-state index is 11.4. The van der Waals surface area contributed by atoms with Gasteiger partial charge in [0.05, 0.1) is 24.7 Å². The van der Waals surface area contributed by atoms with E-state index < -0.39 is 18.2 Å². The Labute approximate surface area is 100 Å². The lowest BCUT2D eigenvalue weighted by atomic mass is 10.1. The van der Waals surface area contributed by atoms with Crippen LogP contribution in [0.1, 0.15) is 26.2 Å². The van der Waals surface area contributed by atoms with Crippen LogP contribution >= 0.6 is 0 Å². The van der Waals surface area contributed by atoms with Gasteiger partial charge in [0.25, 0.3) is 0 Å². The number of aliphatic hydroxyl groups excluding tert-OH is 2. The van der Waals surface area contributed by atoms with Crippen molar-refractivity contribution in [1.29, 1.82) is 0 Å². The molecule has 5 nitrogen and oxygen atoms in total. The molecule has 2 aliphatic rings. The SMILES string of the molecule is C[C@@H]1C[C@@H]2O[C@@H]2[C@@H](O)C/C=C/[C@@H](O)CC(=O)O1. The topological polar surface area (TPSA) is 79.3 Å². The van der Waals surface area contributed by atoms with Crippen LogP contribution in [0.3, 0.4) is 0 Å². The average molecular weight is 242 g/mol. The number of hydrogen-bond acceptors (Lipinski definition) is 5. The van der Waals surface area contributed by atoms with Crippen molar-refractivity contribution < 1.29 is 24.5 Å². The molecule has 2 N–H and O–H groups in total. The number of epoxide rings is 1. The van der Waals surface area contributed by atoms with Crippen LogP contribution < -0.4 is 0 Å². The van der Waals surface area contributed by atoms with E-state index in [0.29, 0.717) is 12.8 Å². The number of cyclic esters (lactones) is 1. The minimum atomic E-state index is -0.850. The third-order valence-electron chi connectivity index (χ3n) is 3.01. The molecule has 96 valence electrons. The van der Waals surface area contributed by atoms with Crippen LogP contribution in [0, 0.1) is 0 Å². The van der Waals surface area contributed by atoms with Gasteiger partial charge in [-0.25, -0.2) is 0 Å². The first kappa shape index (κ1) is 12.5. The summed E-state index contributed by atoms with van der Waals surface area (Å²) >= 11 is 0. The van der Waals surface area contributed by atoms with Crippen LogP contribution in [-0.4, -0.2) is 46.7 Å². The number of rotatable bonds is 0. The van der Waals surface area contributed by atoms with Gasteiger partial charge in [-0.05, 0) is 13.3 Å². The Kier molecular flexibility index (Phi) is 3.81. The third-order valence-corrected chi connectivity index (χ3v) is 3.01. The molecule has 1 saturated heterocycles. The summed E-state index contributed by atoms with van der Waals surface area (Å²) in [6.45, 7) is 1.79. The zero-order valence-corrected chi connectivity index (χ0v) is 9.78. The van der Waals surface area contributed by atoms with Crippen LogP contribution in [-0.2, 0) is 14.3 Å². The quantitative estimate of drug-likeness (QED) is 0.359. The maximum Gasteiger partial charge on any atom is 0.309 e. The molecule has 5 atom stereocenters. The average Bonchev–Trinajstić information content (AvgIpc) is 2.94. The maximum absolute atomic E-state index is 11.4. The normalized spacial score (nSPS) is 44.9. The Morgan fingerprint density at radius 1 is 1.41 bits per heavy atom. The molecular formula is C12H18O5. The summed E-state index contributed by atoms with van der Waals surface area (Å²) in [6, 6.07) is 0. The number of hydrogen-bond donors (Lipinski definition) is 2. The van der Waals surface area contributed by atoms with Gasteiger partial charge in [-0.2, -0.15) is 0 Å². The van der Waals surface area contributed by atoms with E-state index in [2.05, 4.69) is 0 Å². The number of fused-ring (bicyclic) bond motifs is 1. The summed E-state index contributed by atoms with van der Waals surface area (Å²) in [5, 5.41) is 19.3. The zero-order chi connectivity index (χ0) is 12.4. The predicted octanol–water partition coefficient (Wildman–Crippen LogP) is 0.147. The first-order valence-corrected chi connectivity index (χ1v) is 5.94. The van der Waals surface area contributed by atoms with Crippen molar-refractivity contribution in [3.05, 3.63) is 12.2 Å². The standard InChI is InChI=1S/C12H18O5/c1-7-5-10-12(17-10)9(14)4-2-3-8(13)6-11(15)16-7/h2-3,7-10,12-14H,4-6H2,1H3/b3-2+/t7-,8-,9+,10+,12-/m1/s1. The van der Waals surface area contributed by atoms with Crippen molar-refractivity contribution in [2.45, 2.75) is 56.7 Å². The van der Waals surface area contributed by atoms with Crippen molar-refractivity contribution in [3.8, 4) is 0 Å². The van der Waals surface area contributed by atoms with E-state index in [4.69, 9.17) is 9.47 Å². The number of carbonyl (C=O) groups excluding carboxylic acids is 1. The molecule has 0 unspecified atom stereocenters. The Hall–Kier alpha value is -0.910. The van der Waals surface area contributed by atoms with Crippen molar-refractivity contribution in [1.82, 2.24) is 0 Å². The summed E-state index contributed by atoms with van der Waals surface area (Å²) in [5.41, 5.74) is 0. The minimum Gasteiger partial charge on any atom is -0.462 e. The molecule has 0 radical (unpaired) electrons. The fraction of sp³-hybridized carbons (Fsp3) is 0.750. The van der Waals surface area contributed by atoms with E-state index >= 15 is 0 Å². The number of esters is 1. The molecule has 2 aliphatic heterocycles. The molecule has 1 fully saturated rings. The Bertz CT molecular complexity index is 314. The summed E-state index contributed by atoms with van der Waals surface area (Å²) < 4.78 is 10.5. The van der Waals surface area contributed by atoms with Gasteiger partial charge in [0.1, 0.15) is 12.2 Å². The Morgan fingerprint density at radius 2 is 2.18 bits per heavy atom. The Morgan fingerprint density at radius 3 is 2.94 bits per heavy atom. The first-order chi connectivity index (χ1) is 8.06. The lowest BCUT2D eigenvalue weighted by Gasteiger charge is -2.14. The third kappa shape index (κ3) is 3.52. The van der Waals surface area contributed by atoms with E-state index in [1.165, 1.54) is 6.08 Å². The predicted molar refractivity (Wildman–Crippen MR) is 59.2 cm³/mol. The fourth-order valence-electron chi connectivity index (χ4n) is 2.08. The summed E-state index contributed by atoms with van der Waals surface area (Å²) in [7, 11) is 0. The second kappa shape index (κ2) is 5.16. The molecule has 0 aliphatic carbocycles. The summed E-state index contributed by atoms with van der Waals surface area (Å²) in [5.74, 6) is -0.409. The van der Waals surface area contributed by atoms with E-state index in [0.717, 1.165) is 0 Å². The van der Waals surface area contributed by atoms with Gasteiger partial charge >= 0.3 is 5.97 Å². The smallest absolute Gasteiger partial charge is 0.309 e. The fourth-order valence-corrected chi connectivity index (χ4v) is 2.08. The minimum absolute atomic E-state index is 0.0226. The van der Waals surface area contributed by atoms with E-state index in [1.54, 1.807) is 13.0 Å². The zero-order valence-electron chi connectivity index (χ0n) is 9.78. The summed E-state index contributed by atoms with van der Waals surface area (Å²) in [4.78, 5) is 11.4. The largest absolute Gasteiger partial charge is 0.462 e. The number of ether oxygens (including phenoxy) is 2. The monoisotopic (exact) mass is 242 g/mol. The highest BCUT2D eigenvalue weighted by Crippen LogP contribution is 2.31.